The summed E-state index contributed by atoms with van der Waals surface area (Å²) < 4.78 is 5.30. The molecule has 0 unspecified atom stereocenters. The molecule has 5 heteroatoms. The summed E-state index contributed by atoms with van der Waals surface area (Å²) in [7, 11) is 0. The second-order valence-electron chi connectivity index (χ2n) is 6.28. The predicted molar refractivity (Wildman–Crippen MR) is 87.1 cm³/mol. The zero-order chi connectivity index (χ0) is 16.2. The third-order valence-electron chi connectivity index (χ3n) is 4.69. The third kappa shape index (κ3) is 3.50. The van der Waals surface area contributed by atoms with Gasteiger partial charge in [0.05, 0.1) is 11.8 Å². The van der Waals surface area contributed by atoms with Gasteiger partial charge in [-0.05, 0) is 38.0 Å². The molecule has 0 aliphatic carbocycles. The maximum atomic E-state index is 12.9. The molecule has 0 spiro atoms. The standard InChI is InChI=1S/C18H24N2O3/c1-13-15(8-9-19-13)18(22)20-10-4-2-3-6-14(20)12-16(21)17-7-5-11-23-17/h5,7-9,11,14,16,19,21H,2-4,6,10,12H2,1H3/t14-,16+/m0/s1. The number of aromatic nitrogens is 1. The summed E-state index contributed by atoms with van der Waals surface area (Å²) in [4.78, 5) is 17.9. The minimum Gasteiger partial charge on any atom is -0.467 e. The average Bonchev–Trinajstić information content (AvgIpc) is 3.16. The lowest BCUT2D eigenvalue weighted by Crippen LogP contribution is -2.41. The van der Waals surface area contributed by atoms with Gasteiger partial charge >= 0.3 is 0 Å². The largest absolute Gasteiger partial charge is 0.467 e. The van der Waals surface area contributed by atoms with Gasteiger partial charge in [-0.2, -0.15) is 0 Å². The molecule has 3 heterocycles. The fourth-order valence-corrected chi connectivity index (χ4v) is 3.38. The van der Waals surface area contributed by atoms with E-state index in [1.165, 1.54) is 0 Å². The number of carbonyl (C=O) groups is 1. The Morgan fingerprint density at radius 3 is 3.00 bits per heavy atom. The van der Waals surface area contributed by atoms with Gasteiger partial charge in [-0.1, -0.05) is 12.8 Å². The van der Waals surface area contributed by atoms with Gasteiger partial charge in [-0.3, -0.25) is 4.79 Å². The van der Waals surface area contributed by atoms with Crippen molar-refractivity contribution in [2.75, 3.05) is 6.54 Å². The number of nitrogens with zero attached hydrogens (tertiary/aromatic N) is 1. The van der Waals surface area contributed by atoms with Crippen molar-refractivity contribution in [2.24, 2.45) is 0 Å². The Bertz CT molecular complexity index is 632. The smallest absolute Gasteiger partial charge is 0.255 e. The van der Waals surface area contributed by atoms with Gasteiger partial charge in [0.15, 0.2) is 0 Å². The maximum absolute atomic E-state index is 12.9. The third-order valence-corrected chi connectivity index (χ3v) is 4.69. The van der Waals surface area contributed by atoms with Gasteiger partial charge in [0, 0.05) is 30.9 Å². The number of aliphatic hydroxyl groups is 1. The van der Waals surface area contributed by atoms with Crippen molar-refractivity contribution in [1.82, 2.24) is 9.88 Å². The monoisotopic (exact) mass is 316 g/mol. The van der Waals surface area contributed by atoms with Crippen LogP contribution in [0, 0.1) is 6.92 Å². The van der Waals surface area contributed by atoms with Crippen molar-refractivity contribution >= 4 is 5.91 Å². The highest BCUT2D eigenvalue weighted by molar-refractivity contribution is 5.95. The SMILES string of the molecule is Cc1[nH]ccc1C(=O)N1CCCCC[C@H]1C[C@@H](O)c1ccco1. The number of amides is 1. The number of aryl methyl sites for hydroxylation is 1. The number of furan rings is 1. The minimum atomic E-state index is -0.671. The van der Waals surface area contributed by atoms with Crippen LogP contribution >= 0.6 is 0 Å². The van der Waals surface area contributed by atoms with Crippen LogP contribution in [0.4, 0.5) is 0 Å². The Kier molecular flexibility index (Phi) is 4.86. The van der Waals surface area contributed by atoms with Crippen LogP contribution in [0.5, 0.6) is 0 Å². The zero-order valence-corrected chi connectivity index (χ0v) is 13.5. The first-order chi connectivity index (χ1) is 11.2. The topological polar surface area (TPSA) is 69.5 Å². The molecule has 3 rings (SSSR count). The molecular formula is C18H24N2O3. The van der Waals surface area contributed by atoms with Crippen LogP contribution < -0.4 is 0 Å². The minimum absolute atomic E-state index is 0.0411. The first kappa shape index (κ1) is 15.9. The summed E-state index contributed by atoms with van der Waals surface area (Å²) in [6, 6.07) is 5.43. The summed E-state index contributed by atoms with van der Waals surface area (Å²) in [5, 5.41) is 10.4. The Labute approximate surface area is 136 Å². The fraction of sp³-hybridized carbons (Fsp3) is 0.500. The van der Waals surface area contributed by atoms with Gasteiger partial charge in [0.25, 0.3) is 5.91 Å². The van der Waals surface area contributed by atoms with E-state index in [0.29, 0.717) is 12.2 Å². The van der Waals surface area contributed by atoms with Crippen LogP contribution in [-0.2, 0) is 0 Å². The van der Waals surface area contributed by atoms with Crippen molar-refractivity contribution in [3.63, 3.8) is 0 Å². The van der Waals surface area contributed by atoms with Crippen LogP contribution in [0.15, 0.2) is 35.1 Å². The van der Waals surface area contributed by atoms with Gasteiger partial charge in [0.2, 0.25) is 0 Å². The summed E-state index contributed by atoms with van der Waals surface area (Å²) >= 11 is 0. The molecule has 124 valence electrons. The van der Waals surface area contributed by atoms with Crippen molar-refractivity contribution in [2.45, 2.75) is 51.2 Å². The zero-order valence-electron chi connectivity index (χ0n) is 13.5. The average molecular weight is 316 g/mol. The first-order valence-electron chi connectivity index (χ1n) is 8.33. The van der Waals surface area contributed by atoms with Crippen LogP contribution in [0.2, 0.25) is 0 Å². The van der Waals surface area contributed by atoms with Crippen molar-refractivity contribution in [3.8, 4) is 0 Å². The van der Waals surface area contributed by atoms with Crippen LogP contribution in [0.25, 0.3) is 0 Å². The molecule has 0 bridgehead atoms. The number of hydrogen-bond donors (Lipinski definition) is 2. The molecule has 1 aliphatic rings. The highest BCUT2D eigenvalue weighted by Crippen LogP contribution is 2.28. The molecule has 1 fully saturated rings. The number of likely N-dealkylation sites (tertiary alicyclic amines) is 1. The van der Waals surface area contributed by atoms with Crippen molar-refractivity contribution in [3.05, 3.63) is 47.7 Å². The molecule has 23 heavy (non-hydrogen) atoms. The van der Waals surface area contributed by atoms with E-state index in [4.69, 9.17) is 4.42 Å². The summed E-state index contributed by atoms with van der Waals surface area (Å²) in [6.45, 7) is 2.66. The summed E-state index contributed by atoms with van der Waals surface area (Å²) in [5.74, 6) is 0.627. The first-order valence-corrected chi connectivity index (χ1v) is 8.33. The summed E-state index contributed by atoms with van der Waals surface area (Å²) in [5.41, 5.74) is 1.62. The number of carbonyl (C=O) groups excluding carboxylic acids is 1. The molecule has 2 aromatic heterocycles. The Morgan fingerprint density at radius 2 is 2.30 bits per heavy atom. The van der Waals surface area contributed by atoms with E-state index in [2.05, 4.69) is 4.98 Å². The number of rotatable bonds is 4. The summed E-state index contributed by atoms with van der Waals surface area (Å²) in [6.07, 6.45) is 7.37. The Morgan fingerprint density at radius 1 is 1.43 bits per heavy atom. The van der Waals surface area contributed by atoms with E-state index in [9.17, 15) is 9.90 Å². The van der Waals surface area contributed by atoms with E-state index in [0.717, 1.165) is 43.5 Å². The molecule has 1 aliphatic heterocycles. The lowest BCUT2D eigenvalue weighted by molar-refractivity contribution is 0.0557. The van der Waals surface area contributed by atoms with Gasteiger partial charge < -0.3 is 19.4 Å². The lowest BCUT2D eigenvalue weighted by Gasteiger charge is -2.31. The predicted octanol–water partition coefficient (Wildman–Crippen LogP) is 3.42. The molecule has 2 atom stereocenters. The fourth-order valence-electron chi connectivity index (χ4n) is 3.38. The molecule has 0 aromatic carbocycles. The van der Waals surface area contributed by atoms with E-state index in [1.807, 2.05) is 17.9 Å². The number of aliphatic hydroxyl groups excluding tert-OH is 1. The number of H-pyrrole nitrogens is 1. The lowest BCUT2D eigenvalue weighted by atomic mass is 10.0. The van der Waals surface area contributed by atoms with Crippen molar-refractivity contribution in [1.29, 1.82) is 0 Å². The van der Waals surface area contributed by atoms with Gasteiger partial charge in [0.1, 0.15) is 11.9 Å². The molecule has 1 amide bonds. The Balaban J connectivity index is 1.77. The molecule has 1 saturated heterocycles. The van der Waals surface area contributed by atoms with E-state index in [1.54, 1.807) is 24.6 Å². The molecule has 5 nitrogen and oxygen atoms in total. The van der Waals surface area contributed by atoms with E-state index in [-0.39, 0.29) is 11.9 Å². The highest BCUT2D eigenvalue weighted by atomic mass is 16.4. The molecular weight excluding hydrogens is 292 g/mol. The van der Waals surface area contributed by atoms with Crippen LogP contribution in [-0.4, -0.2) is 33.5 Å². The molecule has 2 N–H and O–H groups in total. The second-order valence-corrected chi connectivity index (χ2v) is 6.28. The Hall–Kier alpha value is -2.01. The van der Waals surface area contributed by atoms with Gasteiger partial charge in [-0.25, -0.2) is 0 Å². The highest BCUT2D eigenvalue weighted by Gasteiger charge is 2.29. The number of nitrogens with one attached hydrogen (secondary N) is 1. The maximum Gasteiger partial charge on any atom is 0.255 e. The molecule has 2 aromatic rings. The molecule has 0 radical (unpaired) electrons. The van der Waals surface area contributed by atoms with Crippen molar-refractivity contribution < 1.29 is 14.3 Å². The molecule has 0 saturated carbocycles. The number of hydrogen-bond acceptors (Lipinski definition) is 3. The van der Waals surface area contributed by atoms with Gasteiger partial charge in [-0.15, -0.1) is 0 Å². The van der Waals surface area contributed by atoms with E-state index >= 15 is 0 Å². The van der Waals surface area contributed by atoms with E-state index < -0.39 is 6.10 Å². The number of aromatic amines is 1. The second kappa shape index (κ2) is 7.04. The van der Waals surface area contributed by atoms with Crippen LogP contribution in [0.3, 0.4) is 0 Å². The quantitative estimate of drug-likeness (QED) is 0.908. The van der Waals surface area contributed by atoms with Crippen LogP contribution in [0.1, 0.15) is 60.0 Å². The normalized spacial score (nSPS) is 20.3.